The van der Waals surface area contributed by atoms with Crippen LogP contribution >= 0.6 is 7.80 Å². The van der Waals surface area contributed by atoms with Gasteiger partial charge in [-0.05, 0) is 18.6 Å². The monoisotopic (exact) mass is 365 g/mol. The third kappa shape index (κ3) is 5.44. The number of carbonyl (C=O) groups excluding carboxylic acids is 1. The smallest absolute Gasteiger partial charge is 0.253 e. The summed E-state index contributed by atoms with van der Waals surface area (Å²) in [5.41, 5.74) is 1.80. The van der Waals surface area contributed by atoms with Gasteiger partial charge >= 0.3 is 0 Å². The van der Waals surface area contributed by atoms with E-state index in [1.807, 2.05) is 91.9 Å². The molecular formula is C22H24NO2P. The standard InChI is InChI=1S/C12H11OP.C10H13NO/c13-14(11-7-3-1-4-8-11)12-9-5-2-6-10-12;1-8-6-4-5-7-9(8)10(12)11(2)3/h1-10,14H;4-7H,1-3H3. The molecule has 0 aliphatic carbocycles. The molecular weight excluding hydrogens is 341 g/mol. The second kappa shape index (κ2) is 9.74. The van der Waals surface area contributed by atoms with Crippen molar-refractivity contribution in [2.45, 2.75) is 6.92 Å². The molecule has 0 heterocycles. The number of rotatable bonds is 3. The predicted molar refractivity (Wildman–Crippen MR) is 110 cm³/mol. The van der Waals surface area contributed by atoms with Crippen LogP contribution in [-0.4, -0.2) is 24.9 Å². The van der Waals surface area contributed by atoms with Gasteiger partial charge in [-0.25, -0.2) is 0 Å². The van der Waals surface area contributed by atoms with Crippen LogP contribution in [-0.2, 0) is 4.57 Å². The van der Waals surface area contributed by atoms with E-state index in [-0.39, 0.29) is 5.91 Å². The Kier molecular flexibility index (Phi) is 7.37. The molecule has 3 rings (SSSR count). The fourth-order valence-corrected chi connectivity index (χ4v) is 3.72. The van der Waals surface area contributed by atoms with Gasteiger partial charge < -0.3 is 9.46 Å². The first-order valence-corrected chi connectivity index (χ1v) is 9.83. The molecule has 0 fully saturated rings. The van der Waals surface area contributed by atoms with Gasteiger partial charge in [0, 0.05) is 30.3 Å². The van der Waals surface area contributed by atoms with Crippen LogP contribution < -0.4 is 10.6 Å². The highest BCUT2D eigenvalue weighted by atomic mass is 31.1. The van der Waals surface area contributed by atoms with Gasteiger partial charge in [0.25, 0.3) is 5.91 Å². The van der Waals surface area contributed by atoms with Crippen LogP contribution in [0.5, 0.6) is 0 Å². The fourth-order valence-electron chi connectivity index (χ4n) is 2.40. The van der Waals surface area contributed by atoms with Gasteiger partial charge in [-0.1, -0.05) is 78.9 Å². The molecule has 0 radical (unpaired) electrons. The summed E-state index contributed by atoms with van der Waals surface area (Å²) in [5, 5.41) is 1.84. The maximum absolute atomic E-state index is 12.0. The minimum Gasteiger partial charge on any atom is -0.345 e. The number of hydrogen-bond donors (Lipinski definition) is 0. The van der Waals surface area contributed by atoms with Crippen LogP contribution in [0.1, 0.15) is 15.9 Å². The van der Waals surface area contributed by atoms with Gasteiger partial charge in [0.15, 0.2) is 0 Å². The Morgan fingerprint density at radius 1 is 0.731 bits per heavy atom. The minimum absolute atomic E-state index is 0.0631. The van der Waals surface area contributed by atoms with E-state index < -0.39 is 7.80 Å². The van der Waals surface area contributed by atoms with Gasteiger partial charge in [-0.3, -0.25) is 4.79 Å². The molecule has 1 amide bonds. The zero-order valence-corrected chi connectivity index (χ0v) is 16.3. The lowest BCUT2D eigenvalue weighted by molar-refractivity contribution is 0.0827. The highest BCUT2D eigenvalue weighted by Crippen LogP contribution is 2.18. The normalized spacial score (nSPS) is 10.0. The molecule has 0 saturated heterocycles. The third-order valence-electron chi connectivity index (χ3n) is 3.85. The Morgan fingerprint density at radius 3 is 1.58 bits per heavy atom. The van der Waals surface area contributed by atoms with Gasteiger partial charge in [0.1, 0.15) is 7.80 Å². The average molecular weight is 365 g/mol. The molecule has 0 saturated carbocycles. The van der Waals surface area contributed by atoms with E-state index >= 15 is 0 Å². The number of benzene rings is 3. The number of nitrogens with zero attached hydrogens (tertiary/aromatic N) is 1. The van der Waals surface area contributed by atoms with Crippen molar-refractivity contribution in [2.75, 3.05) is 14.1 Å². The van der Waals surface area contributed by atoms with Gasteiger partial charge in [-0.2, -0.15) is 0 Å². The summed E-state index contributed by atoms with van der Waals surface area (Å²) in [6.07, 6.45) is 0. The van der Waals surface area contributed by atoms with Crippen LogP contribution in [0.3, 0.4) is 0 Å². The topological polar surface area (TPSA) is 37.4 Å². The van der Waals surface area contributed by atoms with E-state index in [1.165, 1.54) is 0 Å². The quantitative estimate of drug-likeness (QED) is 0.661. The molecule has 3 nitrogen and oxygen atoms in total. The Hall–Kier alpha value is -2.64. The fraction of sp³-hybridized carbons (Fsp3) is 0.136. The zero-order valence-electron chi connectivity index (χ0n) is 15.3. The maximum Gasteiger partial charge on any atom is 0.253 e. The van der Waals surface area contributed by atoms with E-state index in [1.54, 1.807) is 19.0 Å². The largest absolute Gasteiger partial charge is 0.345 e. The van der Waals surface area contributed by atoms with Crippen molar-refractivity contribution in [1.29, 1.82) is 0 Å². The molecule has 0 bridgehead atoms. The Balaban J connectivity index is 0.000000190. The molecule has 0 aliphatic heterocycles. The average Bonchev–Trinajstić information content (AvgIpc) is 2.69. The van der Waals surface area contributed by atoms with Crippen molar-refractivity contribution < 1.29 is 9.36 Å². The second-order valence-electron chi connectivity index (χ2n) is 6.08. The summed E-state index contributed by atoms with van der Waals surface area (Å²) in [4.78, 5) is 13.1. The first-order chi connectivity index (χ1) is 12.5. The zero-order chi connectivity index (χ0) is 18.9. The number of amides is 1. The molecule has 26 heavy (non-hydrogen) atoms. The summed E-state index contributed by atoms with van der Waals surface area (Å²) in [6.45, 7) is 1.94. The SMILES string of the molecule is Cc1ccccc1C(=O)N(C)C.O=[PH](c1ccccc1)c1ccccc1. The van der Waals surface area contributed by atoms with Crippen molar-refractivity contribution in [1.82, 2.24) is 4.90 Å². The van der Waals surface area contributed by atoms with Crippen molar-refractivity contribution >= 4 is 24.3 Å². The molecule has 4 heteroatoms. The molecule has 0 N–H and O–H groups in total. The van der Waals surface area contributed by atoms with Crippen molar-refractivity contribution in [3.8, 4) is 0 Å². The summed E-state index contributed by atoms with van der Waals surface area (Å²) in [6, 6.07) is 26.8. The van der Waals surface area contributed by atoms with E-state index in [9.17, 15) is 9.36 Å². The summed E-state index contributed by atoms with van der Waals surface area (Å²) in [7, 11) is 1.72. The number of hydrogen-bond acceptors (Lipinski definition) is 2. The molecule has 134 valence electrons. The van der Waals surface area contributed by atoms with Crippen molar-refractivity contribution in [2.24, 2.45) is 0 Å². The second-order valence-corrected chi connectivity index (χ2v) is 7.89. The Bertz CT molecular complexity index is 820. The van der Waals surface area contributed by atoms with Crippen LogP contribution in [0.25, 0.3) is 0 Å². The van der Waals surface area contributed by atoms with Crippen LogP contribution in [0.4, 0.5) is 0 Å². The van der Waals surface area contributed by atoms with E-state index in [0.29, 0.717) is 0 Å². The van der Waals surface area contributed by atoms with Crippen molar-refractivity contribution in [3.63, 3.8) is 0 Å². The number of aryl methyl sites for hydroxylation is 1. The number of carbonyl (C=O) groups is 1. The van der Waals surface area contributed by atoms with E-state index in [4.69, 9.17) is 0 Å². The van der Waals surface area contributed by atoms with Crippen LogP contribution in [0, 0.1) is 6.92 Å². The summed E-state index contributed by atoms with van der Waals surface area (Å²) < 4.78 is 12.0. The lowest BCUT2D eigenvalue weighted by Gasteiger charge is -2.11. The first kappa shape index (κ1) is 19.7. The molecule has 0 aliphatic rings. The van der Waals surface area contributed by atoms with Crippen LogP contribution in [0.2, 0.25) is 0 Å². The Morgan fingerprint density at radius 2 is 1.15 bits per heavy atom. The van der Waals surface area contributed by atoms with E-state index in [2.05, 4.69) is 0 Å². The highest BCUT2D eigenvalue weighted by Gasteiger charge is 2.08. The van der Waals surface area contributed by atoms with Gasteiger partial charge in [-0.15, -0.1) is 0 Å². The Labute approximate surface area is 156 Å². The predicted octanol–water partition coefficient (Wildman–Crippen LogP) is 3.89. The highest BCUT2D eigenvalue weighted by molar-refractivity contribution is 7.61. The summed E-state index contributed by atoms with van der Waals surface area (Å²) >= 11 is 0. The molecule has 0 unspecified atom stereocenters. The lowest BCUT2D eigenvalue weighted by atomic mass is 10.1. The third-order valence-corrected chi connectivity index (χ3v) is 5.57. The maximum atomic E-state index is 12.0. The first-order valence-electron chi connectivity index (χ1n) is 8.42. The van der Waals surface area contributed by atoms with Crippen molar-refractivity contribution in [3.05, 3.63) is 96.1 Å². The lowest BCUT2D eigenvalue weighted by Crippen LogP contribution is -2.22. The molecule has 3 aromatic carbocycles. The molecule has 0 aromatic heterocycles. The van der Waals surface area contributed by atoms with Gasteiger partial charge in [0.05, 0.1) is 0 Å². The van der Waals surface area contributed by atoms with Crippen LogP contribution in [0.15, 0.2) is 84.9 Å². The molecule has 3 aromatic rings. The molecule has 0 spiro atoms. The van der Waals surface area contributed by atoms with Gasteiger partial charge in [0.2, 0.25) is 0 Å². The summed E-state index contributed by atoms with van der Waals surface area (Å²) in [5.74, 6) is 0.0631. The molecule has 0 atom stereocenters. The van der Waals surface area contributed by atoms with E-state index in [0.717, 1.165) is 21.7 Å². The minimum atomic E-state index is -1.79.